The van der Waals surface area contributed by atoms with Gasteiger partial charge in [0.25, 0.3) is 0 Å². The maximum atomic E-state index is 14.9. The van der Waals surface area contributed by atoms with Gasteiger partial charge >= 0.3 is 5.97 Å². The Kier molecular flexibility index (Phi) is 17.1. The zero-order valence-corrected chi connectivity index (χ0v) is 37.7. The number of ether oxygens (including phenoxy) is 1. The number of carbonyl (C=O) groups is 2. The number of hydrogen-bond donors (Lipinski definition) is 0. The van der Waals surface area contributed by atoms with Gasteiger partial charge in [0.1, 0.15) is 11.9 Å². The molecule has 6 nitrogen and oxygen atoms in total. The molecule has 0 amide bonds. The molecule has 0 fully saturated rings. The van der Waals surface area contributed by atoms with E-state index in [-0.39, 0.29) is 34.3 Å². The number of esters is 1. The number of ketones is 1. The third-order valence-electron chi connectivity index (χ3n) is 11.3. The van der Waals surface area contributed by atoms with Gasteiger partial charge in [0.05, 0.1) is 29.3 Å². The van der Waals surface area contributed by atoms with Crippen LogP contribution in [0.1, 0.15) is 119 Å². The first-order chi connectivity index (χ1) is 22.6. The molecule has 1 rings (SSSR count). The fourth-order valence-electron chi connectivity index (χ4n) is 5.86. The molecule has 9 heteroatoms. The molecule has 0 N–H and O–H groups in total. The molecule has 50 heavy (non-hydrogen) atoms. The minimum Gasteiger partial charge on any atom is -0.457 e. The van der Waals surface area contributed by atoms with Gasteiger partial charge in [0.2, 0.25) is 0 Å². The first-order valence-electron chi connectivity index (χ1n) is 18.5. The third-order valence-corrected chi connectivity index (χ3v) is 21.0. The van der Waals surface area contributed by atoms with Crippen molar-refractivity contribution in [3.63, 3.8) is 0 Å². The van der Waals surface area contributed by atoms with E-state index in [1.54, 1.807) is 17.4 Å². The summed E-state index contributed by atoms with van der Waals surface area (Å²) in [4.78, 5) is 33.4. The molecule has 286 valence electrons. The molecule has 0 unspecified atom stereocenters. The standard InChI is InChI=1S/C41H73NO5SSi2/c1-20-22-28(3)24-30(5)37(47-50(18,19)40(11,12)13)31(6)38(44)41(14,15)35(46-49(16,17)39(8,9)10)26-36(43)45-34(23-21-2)29(4)25-33-27-48-32(7)42-33/h20-21,25,27-28,30-31,34-35,37H,1-2,22-24,26H2,3-19H3/b29-25+/t28-,30-,31+,34-,35-,37-/m0/s1. The fourth-order valence-corrected chi connectivity index (χ4v) is 9.34. The quantitative estimate of drug-likeness (QED) is 0.0751. The van der Waals surface area contributed by atoms with Crippen molar-refractivity contribution in [3.05, 3.63) is 47.0 Å². The number of carbonyl (C=O) groups excluding carboxylic acids is 2. The summed E-state index contributed by atoms with van der Waals surface area (Å²) in [5, 5.41) is 2.83. The summed E-state index contributed by atoms with van der Waals surface area (Å²) in [6.45, 7) is 44.2. The van der Waals surface area contributed by atoms with Crippen molar-refractivity contribution in [1.82, 2.24) is 4.98 Å². The smallest absolute Gasteiger partial charge is 0.309 e. The molecule has 0 aliphatic rings. The Bertz CT molecular complexity index is 1320. The lowest BCUT2D eigenvalue weighted by Gasteiger charge is -2.46. The van der Waals surface area contributed by atoms with Gasteiger partial charge < -0.3 is 13.6 Å². The molecule has 1 aromatic rings. The van der Waals surface area contributed by atoms with Crippen LogP contribution in [0.3, 0.4) is 0 Å². The van der Waals surface area contributed by atoms with Gasteiger partial charge in [-0.1, -0.05) is 88.3 Å². The van der Waals surface area contributed by atoms with E-state index in [4.69, 9.17) is 13.6 Å². The van der Waals surface area contributed by atoms with Crippen LogP contribution in [0.15, 0.2) is 36.3 Å². The van der Waals surface area contributed by atoms with E-state index < -0.39 is 46.1 Å². The Balaban J connectivity index is 3.59. The zero-order valence-electron chi connectivity index (χ0n) is 34.9. The highest BCUT2D eigenvalue weighted by atomic mass is 32.1. The van der Waals surface area contributed by atoms with E-state index in [9.17, 15) is 9.59 Å². The van der Waals surface area contributed by atoms with Gasteiger partial charge in [-0.05, 0) is 86.4 Å². The lowest BCUT2D eigenvalue weighted by Crippen LogP contribution is -2.54. The van der Waals surface area contributed by atoms with Gasteiger partial charge in [-0.25, -0.2) is 4.98 Å². The Morgan fingerprint density at radius 2 is 1.42 bits per heavy atom. The summed E-state index contributed by atoms with van der Waals surface area (Å²) in [7, 11) is -4.66. The van der Waals surface area contributed by atoms with E-state index in [0.29, 0.717) is 12.3 Å². The Morgan fingerprint density at radius 1 is 0.900 bits per heavy atom. The summed E-state index contributed by atoms with van der Waals surface area (Å²) < 4.78 is 20.3. The number of aryl methyl sites for hydroxylation is 1. The van der Waals surface area contributed by atoms with Crippen molar-refractivity contribution >= 4 is 45.8 Å². The molecule has 6 atom stereocenters. The van der Waals surface area contributed by atoms with Crippen LogP contribution in [0.4, 0.5) is 0 Å². The van der Waals surface area contributed by atoms with Gasteiger partial charge in [-0.3, -0.25) is 9.59 Å². The van der Waals surface area contributed by atoms with Crippen molar-refractivity contribution in [2.24, 2.45) is 23.2 Å². The molecule has 0 bridgehead atoms. The van der Waals surface area contributed by atoms with Crippen LogP contribution in [-0.2, 0) is 23.2 Å². The number of rotatable bonds is 20. The maximum Gasteiger partial charge on any atom is 0.309 e. The number of thiazole rings is 1. The third kappa shape index (κ3) is 13.1. The highest BCUT2D eigenvalue weighted by molar-refractivity contribution is 7.09. The number of nitrogens with zero attached hydrogens (tertiary/aromatic N) is 1. The predicted molar refractivity (Wildman–Crippen MR) is 220 cm³/mol. The maximum absolute atomic E-state index is 14.9. The first kappa shape index (κ1) is 46.4. The average Bonchev–Trinajstić information content (AvgIpc) is 3.37. The fraction of sp³-hybridized carbons (Fsp3) is 0.732. The molecule has 1 heterocycles. The van der Waals surface area contributed by atoms with Gasteiger partial charge in [-0.15, -0.1) is 24.5 Å². The molecule has 0 aromatic carbocycles. The lowest BCUT2D eigenvalue weighted by atomic mass is 9.72. The zero-order chi connectivity index (χ0) is 39.0. The molecule has 0 aliphatic heterocycles. The van der Waals surface area contributed by atoms with E-state index in [0.717, 1.165) is 29.1 Å². The van der Waals surface area contributed by atoms with Crippen LogP contribution in [-0.4, -0.2) is 51.7 Å². The van der Waals surface area contributed by atoms with E-state index >= 15 is 0 Å². The SMILES string of the molecule is C=CC[C@H](C)C[C@H](C)[C@H](O[Si](C)(C)C(C)(C)C)[C@@H](C)C(=O)C(C)(C)[C@H](CC(=O)O[C@@H](CC=C)/C(C)=C/c1csc(C)n1)O[Si](C)(C)C(C)(C)C. The van der Waals surface area contributed by atoms with Crippen LogP contribution in [0, 0.1) is 30.1 Å². The summed E-state index contributed by atoms with van der Waals surface area (Å²) in [6.07, 6.45) is 6.54. The monoisotopic (exact) mass is 747 g/mol. The molecular formula is C41H73NO5SSi2. The molecular weight excluding hydrogens is 675 g/mol. The summed E-state index contributed by atoms with van der Waals surface area (Å²) in [5.74, 6) is -0.176. The first-order valence-corrected chi connectivity index (χ1v) is 25.2. The molecule has 0 spiro atoms. The van der Waals surface area contributed by atoms with Crippen LogP contribution in [0.2, 0.25) is 36.3 Å². The topological polar surface area (TPSA) is 74.7 Å². The molecule has 0 radical (unpaired) electrons. The van der Waals surface area contributed by atoms with Crippen molar-refractivity contribution in [1.29, 1.82) is 0 Å². The van der Waals surface area contributed by atoms with Crippen LogP contribution in [0.25, 0.3) is 6.08 Å². The van der Waals surface area contributed by atoms with E-state index in [2.05, 4.69) is 99.7 Å². The summed E-state index contributed by atoms with van der Waals surface area (Å²) >= 11 is 1.58. The van der Waals surface area contributed by atoms with Crippen molar-refractivity contribution in [3.8, 4) is 0 Å². The second-order valence-electron chi connectivity index (χ2n) is 18.3. The number of Topliss-reactive ketones (excluding diaryl/α,β-unsaturated/α-hetero) is 1. The predicted octanol–water partition coefficient (Wildman–Crippen LogP) is 12.0. The second-order valence-corrected chi connectivity index (χ2v) is 28.9. The summed E-state index contributed by atoms with van der Waals surface area (Å²) in [6, 6.07) is 0. The minimum absolute atomic E-state index is 0.0133. The van der Waals surface area contributed by atoms with Crippen LogP contribution >= 0.6 is 11.3 Å². The van der Waals surface area contributed by atoms with Gasteiger partial charge in [0, 0.05) is 23.1 Å². The largest absolute Gasteiger partial charge is 0.457 e. The Labute approximate surface area is 313 Å². The average molecular weight is 748 g/mol. The normalized spacial score (nSPS) is 17.3. The molecule has 1 aromatic heterocycles. The van der Waals surface area contributed by atoms with E-state index in [1.807, 2.05) is 52.2 Å². The van der Waals surface area contributed by atoms with Crippen LogP contribution < -0.4 is 0 Å². The number of aromatic nitrogens is 1. The Morgan fingerprint density at radius 3 is 1.88 bits per heavy atom. The minimum atomic E-state index is -2.42. The van der Waals surface area contributed by atoms with Crippen molar-refractivity contribution < 1.29 is 23.2 Å². The van der Waals surface area contributed by atoms with Crippen LogP contribution in [0.5, 0.6) is 0 Å². The number of allylic oxidation sites excluding steroid dienone is 1. The molecule has 0 aliphatic carbocycles. The number of hydrogen-bond acceptors (Lipinski definition) is 7. The highest BCUT2D eigenvalue weighted by Gasteiger charge is 2.50. The van der Waals surface area contributed by atoms with E-state index in [1.165, 1.54) is 0 Å². The summed E-state index contributed by atoms with van der Waals surface area (Å²) in [5.41, 5.74) is 0.740. The van der Waals surface area contributed by atoms with Crippen molar-refractivity contribution in [2.75, 3.05) is 0 Å². The highest BCUT2D eigenvalue weighted by Crippen LogP contribution is 2.44. The van der Waals surface area contributed by atoms with Gasteiger partial charge in [0.15, 0.2) is 16.6 Å². The second kappa shape index (κ2) is 18.4. The van der Waals surface area contributed by atoms with Crippen molar-refractivity contribution in [2.45, 2.75) is 170 Å². The lowest BCUT2D eigenvalue weighted by molar-refractivity contribution is -0.153. The molecule has 0 saturated heterocycles. The molecule has 0 saturated carbocycles. The van der Waals surface area contributed by atoms with Gasteiger partial charge in [-0.2, -0.15) is 0 Å². The Hall–Kier alpha value is -1.66.